The fourth-order valence-corrected chi connectivity index (χ4v) is 2.51. The van der Waals surface area contributed by atoms with Gasteiger partial charge in [-0.15, -0.1) is 0 Å². The third-order valence-electron chi connectivity index (χ3n) is 3.76. The number of aromatic nitrogens is 2. The standard InChI is InChI=1S/C19H14N4O4/c1-23-18(25)15-8-3-2-7-14(15)17(22-23)19(26)27-11-16(24)21-13-6-4-5-12(9-13)10-20/h2-9H,11H2,1H3,(H,21,24). The number of nitrogens with zero attached hydrogens (tertiary/aromatic N) is 3. The number of nitrogens with one attached hydrogen (secondary N) is 1. The van der Waals surface area contributed by atoms with Crippen molar-refractivity contribution in [1.29, 1.82) is 5.26 Å². The van der Waals surface area contributed by atoms with Gasteiger partial charge in [0, 0.05) is 18.1 Å². The molecule has 134 valence electrons. The highest BCUT2D eigenvalue weighted by molar-refractivity contribution is 6.03. The molecule has 0 saturated heterocycles. The predicted octanol–water partition coefficient (Wildman–Crippen LogP) is 1.60. The van der Waals surface area contributed by atoms with Crippen LogP contribution < -0.4 is 10.9 Å². The van der Waals surface area contributed by atoms with Gasteiger partial charge in [0.25, 0.3) is 11.5 Å². The Hall–Kier alpha value is -3.99. The normalized spacial score (nSPS) is 10.2. The lowest BCUT2D eigenvalue weighted by molar-refractivity contribution is -0.119. The number of fused-ring (bicyclic) bond motifs is 1. The van der Waals surface area contributed by atoms with Crippen molar-refractivity contribution in [1.82, 2.24) is 9.78 Å². The molecule has 2 aromatic carbocycles. The average Bonchev–Trinajstić information content (AvgIpc) is 2.69. The molecule has 1 N–H and O–H groups in total. The zero-order valence-corrected chi connectivity index (χ0v) is 14.3. The highest BCUT2D eigenvalue weighted by Gasteiger charge is 2.18. The number of anilines is 1. The third-order valence-corrected chi connectivity index (χ3v) is 3.76. The van der Waals surface area contributed by atoms with Gasteiger partial charge in [0.2, 0.25) is 0 Å². The van der Waals surface area contributed by atoms with E-state index in [4.69, 9.17) is 10.00 Å². The molecule has 0 fully saturated rings. The highest BCUT2D eigenvalue weighted by Crippen LogP contribution is 2.14. The van der Waals surface area contributed by atoms with Crippen molar-refractivity contribution >= 4 is 28.3 Å². The minimum absolute atomic E-state index is 0.0491. The fraction of sp³-hybridized carbons (Fsp3) is 0.105. The summed E-state index contributed by atoms with van der Waals surface area (Å²) in [6, 6.07) is 14.8. The Balaban J connectivity index is 1.74. The molecule has 0 radical (unpaired) electrons. The summed E-state index contributed by atoms with van der Waals surface area (Å²) in [5.41, 5.74) is 0.427. The van der Waals surface area contributed by atoms with Crippen LogP contribution >= 0.6 is 0 Å². The first-order valence-electron chi connectivity index (χ1n) is 7.93. The number of carbonyl (C=O) groups excluding carboxylic acids is 2. The number of rotatable bonds is 4. The van der Waals surface area contributed by atoms with E-state index in [1.54, 1.807) is 42.5 Å². The lowest BCUT2D eigenvalue weighted by atomic mass is 10.1. The van der Waals surface area contributed by atoms with Crippen molar-refractivity contribution in [3.8, 4) is 6.07 Å². The largest absolute Gasteiger partial charge is 0.451 e. The minimum Gasteiger partial charge on any atom is -0.451 e. The monoisotopic (exact) mass is 362 g/mol. The van der Waals surface area contributed by atoms with Gasteiger partial charge in [-0.25, -0.2) is 9.48 Å². The Kier molecular flexibility index (Phi) is 4.95. The lowest BCUT2D eigenvalue weighted by Crippen LogP contribution is -2.26. The second kappa shape index (κ2) is 7.49. The number of hydrogen-bond acceptors (Lipinski definition) is 6. The average molecular weight is 362 g/mol. The van der Waals surface area contributed by atoms with Crippen LogP contribution in [0.5, 0.6) is 0 Å². The Labute approximate surface area is 153 Å². The van der Waals surface area contributed by atoms with Crippen molar-refractivity contribution in [2.24, 2.45) is 7.05 Å². The molecule has 0 spiro atoms. The number of nitriles is 1. The molecule has 27 heavy (non-hydrogen) atoms. The summed E-state index contributed by atoms with van der Waals surface area (Å²) < 4.78 is 6.08. The van der Waals surface area contributed by atoms with Gasteiger partial charge in [0.1, 0.15) is 0 Å². The van der Waals surface area contributed by atoms with Crippen molar-refractivity contribution in [2.75, 3.05) is 11.9 Å². The van der Waals surface area contributed by atoms with E-state index in [1.807, 2.05) is 6.07 Å². The van der Waals surface area contributed by atoms with Crippen LogP contribution in [0.4, 0.5) is 5.69 Å². The number of amides is 1. The summed E-state index contributed by atoms with van der Waals surface area (Å²) in [5, 5.41) is 16.0. The molecule has 8 nitrogen and oxygen atoms in total. The number of benzene rings is 2. The molecule has 0 aliphatic heterocycles. The smallest absolute Gasteiger partial charge is 0.359 e. The molecule has 3 rings (SSSR count). The Morgan fingerprint density at radius 3 is 2.67 bits per heavy atom. The topological polar surface area (TPSA) is 114 Å². The van der Waals surface area contributed by atoms with Gasteiger partial charge in [-0.1, -0.05) is 24.3 Å². The molecule has 0 atom stereocenters. The molecule has 0 saturated carbocycles. The van der Waals surface area contributed by atoms with Gasteiger partial charge in [0.05, 0.1) is 17.0 Å². The van der Waals surface area contributed by atoms with Crippen molar-refractivity contribution in [2.45, 2.75) is 0 Å². The Morgan fingerprint density at radius 1 is 1.19 bits per heavy atom. The Bertz CT molecular complexity index is 1140. The first-order chi connectivity index (χ1) is 13.0. The van der Waals surface area contributed by atoms with Gasteiger partial charge in [0.15, 0.2) is 12.3 Å². The lowest BCUT2D eigenvalue weighted by Gasteiger charge is -2.09. The molecule has 0 aliphatic rings. The summed E-state index contributed by atoms with van der Waals surface area (Å²) >= 11 is 0. The number of esters is 1. The molecular formula is C19H14N4O4. The first kappa shape index (κ1) is 17.8. The van der Waals surface area contributed by atoms with E-state index < -0.39 is 18.5 Å². The van der Waals surface area contributed by atoms with Crippen LogP contribution in [0.25, 0.3) is 10.8 Å². The SMILES string of the molecule is Cn1nc(C(=O)OCC(=O)Nc2cccc(C#N)c2)c2ccccc2c1=O. The van der Waals surface area contributed by atoms with Crippen LogP contribution in [-0.2, 0) is 16.6 Å². The molecule has 0 aliphatic carbocycles. The van der Waals surface area contributed by atoms with E-state index in [0.29, 0.717) is 22.0 Å². The van der Waals surface area contributed by atoms with E-state index in [0.717, 1.165) is 4.68 Å². The minimum atomic E-state index is -0.817. The van der Waals surface area contributed by atoms with Crippen LogP contribution in [0.1, 0.15) is 16.1 Å². The molecular weight excluding hydrogens is 348 g/mol. The summed E-state index contributed by atoms with van der Waals surface area (Å²) in [7, 11) is 1.43. The van der Waals surface area contributed by atoms with E-state index in [9.17, 15) is 14.4 Å². The molecule has 1 amide bonds. The van der Waals surface area contributed by atoms with E-state index in [1.165, 1.54) is 13.1 Å². The molecule has 0 unspecified atom stereocenters. The first-order valence-corrected chi connectivity index (χ1v) is 7.93. The van der Waals surface area contributed by atoms with Crippen molar-refractivity contribution in [3.63, 3.8) is 0 Å². The van der Waals surface area contributed by atoms with Gasteiger partial charge < -0.3 is 10.1 Å². The van der Waals surface area contributed by atoms with Crippen LogP contribution in [0, 0.1) is 11.3 Å². The summed E-state index contributed by atoms with van der Waals surface area (Å²) in [6.07, 6.45) is 0. The number of carbonyl (C=O) groups is 2. The maximum absolute atomic E-state index is 12.4. The van der Waals surface area contributed by atoms with Gasteiger partial charge in [-0.2, -0.15) is 10.4 Å². The molecule has 0 bridgehead atoms. The van der Waals surface area contributed by atoms with Gasteiger partial charge >= 0.3 is 5.97 Å². The summed E-state index contributed by atoms with van der Waals surface area (Å²) in [4.78, 5) is 36.4. The van der Waals surface area contributed by atoms with Crippen LogP contribution in [0.15, 0.2) is 53.3 Å². The van der Waals surface area contributed by atoms with Crippen LogP contribution in [0.2, 0.25) is 0 Å². The third kappa shape index (κ3) is 3.82. The van der Waals surface area contributed by atoms with Crippen LogP contribution in [-0.4, -0.2) is 28.3 Å². The molecule has 8 heteroatoms. The van der Waals surface area contributed by atoms with Crippen molar-refractivity contribution < 1.29 is 14.3 Å². The van der Waals surface area contributed by atoms with Gasteiger partial charge in [-0.3, -0.25) is 9.59 Å². The quantitative estimate of drug-likeness (QED) is 0.705. The number of aryl methyl sites for hydroxylation is 1. The fourth-order valence-electron chi connectivity index (χ4n) is 2.51. The van der Waals surface area contributed by atoms with E-state index in [-0.39, 0.29) is 11.3 Å². The van der Waals surface area contributed by atoms with Crippen LogP contribution in [0.3, 0.4) is 0 Å². The molecule has 3 aromatic rings. The van der Waals surface area contributed by atoms with E-state index in [2.05, 4.69) is 10.4 Å². The summed E-state index contributed by atoms with van der Waals surface area (Å²) in [6.45, 7) is -0.533. The second-order valence-corrected chi connectivity index (χ2v) is 5.64. The predicted molar refractivity (Wildman–Crippen MR) is 97.1 cm³/mol. The zero-order valence-electron chi connectivity index (χ0n) is 14.3. The number of ether oxygens (including phenoxy) is 1. The summed E-state index contributed by atoms with van der Waals surface area (Å²) in [5.74, 6) is -1.38. The molecule has 1 aromatic heterocycles. The van der Waals surface area contributed by atoms with Gasteiger partial charge in [-0.05, 0) is 24.3 Å². The Morgan fingerprint density at radius 2 is 1.93 bits per heavy atom. The van der Waals surface area contributed by atoms with E-state index >= 15 is 0 Å². The number of hydrogen-bond donors (Lipinski definition) is 1. The highest BCUT2D eigenvalue weighted by atomic mass is 16.5. The maximum atomic E-state index is 12.4. The zero-order chi connectivity index (χ0) is 19.4. The maximum Gasteiger partial charge on any atom is 0.359 e. The second-order valence-electron chi connectivity index (χ2n) is 5.64. The molecule has 1 heterocycles. The van der Waals surface area contributed by atoms with Crippen molar-refractivity contribution in [3.05, 3.63) is 70.1 Å².